The minimum atomic E-state index is -3.43. The lowest BCUT2D eigenvalue weighted by atomic mass is 10.5. The fourth-order valence-corrected chi connectivity index (χ4v) is 4.42. The number of rotatable bonds is 6. The van der Waals surface area contributed by atoms with Crippen LogP contribution in [0.1, 0.15) is 17.7 Å². The van der Waals surface area contributed by atoms with Crippen LogP contribution >= 0.6 is 11.3 Å². The lowest BCUT2D eigenvalue weighted by Crippen LogP contribution is -2.33. The molecule has 1 saturated carbocycles. The number of sulfonamides is 1. The summed E-state index contributed by atoms with van der Waals surface area (Å²) in [7, 11) is -3.43. The maximum atomic E-state index is 12.3. The number of aliphatic hydroxyl groups is 1. The summed E-state index contributed by atoms with van der Waals surface area (Å²) in [5.74, 6) is 0. The van der Waals surface area contributed by atoms with Gasteiger partial charge in [0.2, 0.25) is 10.0 Å². The Kier molecular flexibility index (Phi) is 3.67. The van der Waals surface area contributed by atoms with Gasteiger partial charge in [-0.3, -0.25) is 0 Å². The Hall–Kier alpha value is -0.690. The number of hydrogen-bond donors (Lipinski definition) is 1. The van der Waals surface area contributed by atoms with Crippen molar-refractivity contribution in [2.24, 2.45) is 0 Å². The van der Waals surface area contributed by atoms with Crippen molar-refractivity contribution >= 4 is 21.4 Å². The van der Waals surface area contributed by atoms with E-state index in [0.29, 0.717) is 11.4 Å². The minimum absolute atomic E-state index is 0.120. The molecule has 0 aliphatic heterocycles. The fourth-order valence-electron chi connectivity index (χ4n) is 1.65. The largest absolute Gasteiger partial charge is 0.391 e. The molecule has 2 rings (SSSR count). The van der Waals surface area contributed by atoms with Crippen molar-refractivity contribution in [1.82, 2.24) is 4.31 Å². The summed E-state index contributed by atoms with van der Waals surface area (Å²) in [6, 6.07) is 1.66. The van der Waals surface area contributed by atoms with E-state index >= 15 is 0 Å². The molecule has 0 atom stereocenters. The van der Waals surface area contributed by atoms with Gasteiger partial charge in [-0.25, -0.2) is 8.42 Å². The van der Waals surface area contributed by atoms with Gasteiger partial charge in [0.15, 0.2) is 0 Å². The normalized spacial score (nSPS) is 16.4. The van der Waals surface area contributed by atoms with Crippen molar-refractivity contribution in [1.29, 1.82) is 0 Å². The molecule has 1 aliphatic carbocycles. The van der Waals surface area contributed by atoms with Gasteiger partial charge in [0.05, 0.1) is 11.5 Å². The summed E-state index contributed by atoms with van der Waals surface area (Å²) < 4.78 is 26.2. The van der Waals surface area contributed by atoms with Crippen LogP contribution in [0.25, 0.3) is 0 Å². The molecule has 6 heteroatoms. The van der Waals surface area contributed by atoms with E-state index in [-0.39, 0.29) is 17.5 Å². The van der Waals surface area contributed by atoms with Crippen LogP contribution in [0.3, 0.4) is 0 Å². The predicted molar refractivity (Wildman–Crippen MR) is 67.4 cm³/mol. The molecule has 94 valence electrons. The smallest absolute Gasteiger partial charge is 0.244 e. The average molecular weight is 273 g/mol. The highest BCUT2D eigenvalue weighted by atomic mass is 32.2. The van der Waals surface area contributed by atoms with E-state index in [2.05, 4.69) is 6.58 Å². The van der Waals surface area contributed by atoms with Crippen LogP contribution in [0.2, 0.25) is 0 Å². The van der Waals surface area contributed by atoms with Crippen LogP contribution in [-0.4, -0.2) is 30.4 Å². The second-order valence-electron chi connectivity index (χ2n) is 4.00. The van der Waals surface area contributed by atoms with Gasteiger partial charge in [-0.2, -0.15) is 4.31 Å². The first-order chi connectivity index (χ1) is 8.09. The van der Waals surface area contributed by atoms with E-state index in [4.69, 9.17) is 5.11 Å². The Bertz CT molecular complexity index is 503. The summed E-state index contributed by atoms with van der Waals surface area (Å²) in [5, 5.41) is 10.5. The molecular formula is C11H15NO3S2. The fraction of sp³-hybridized carbons (Fsp3) is 0.455. The molecule has 1 fully saturated rings. The van der Waals surface area contributed by atoms with Gasteiger partial charge in [-0.05, 0) is 18.9 Å². The standard InChI is InChI=1S/C11H15NO3S2/c1-2-5-12(9-3-4-9)17(14,15)11-6-10(7-13)16-8-11/h2,6,8-9,13H,1,3-5,7H2. The second kappa shape index (κ2) is 4.89. The SMILES string of the molecule is C=CCN(C1CC1)S(=O)(=O)c1csc(CO)c1. The highest BCUT2D eigenvalue weighted by Crippen LogP contribution is 2.33. The summed E-state index contributed by atoms with van der Waals surface area (Å²) in [4.78, 5) is 0.943. The molecule has 0 unspecified atom stereocenters. The first-order valence-electron chi connectivity index (χ1n) is 5.40. The second-order valence-corrected chi connectivity index (χ2v) is 6.89. The van der Waals surface area contributed by atoms with Gasteiger partial charge in [0.25, 0.3) is 0 Å². The van der Waals surface area contributed by atoms with E-state index in [1.807, 2.05) is 0 Å². The quantitative estimate of drug-likeness (QED) is 0.801. The lowest BCUT2D eigenvalue weighted by Gasteiger charge is -2.19. The highest BCUT2D eigenvalue weighted by Gasteiger charge is 2.37. The zero-order chi connectivity index (χ0) is 12.5. The molecule has 0 bridgehead atoms. The van der Waals surface area contributed by atoms with Crippen molar-refractivity contribution < 1.29 is 13.5 Å². The molecule has 1 heterocycles. The van der Waals surface area contributed by atoms with Crippen molar-refractivity contribution in [2.45, 2.75) is 30.4 Å². The maximum Gasteiger partial charge on any atom is 0.244 e. The van der Waals surface area contributed by atoms with E-state index in [0.717, 1.165) is 12.8 Å². The van der Waals surface area contributed by atoms with Gasteiger partial charge in [0, 0.05) is 22.8 Å². The molecular weight excluding hydrogens is 258 g/mol. The van der Waals surface area contributed by atoms with Crippen LogP contribution in [-0.2, 0) is 16.6 Å². The van der Waals surface area contributed by atoms with Crippen LogP contribution in [0.4, 0.5) is 0 Å². The Balaban J connectivity index is 2.29. The van der Waals surface area contributed by atoms with Crippen molar-refractivity contribution in [3.63, 3.8) is 0 Å². The van der Waals surface area contributed by atoms with Crippen LogP contribution in [0.15, 0.2) is 29.0 Å². The molecule has 1 aliphatic rings. The molecule has 0 saturated heterocycles. The maximum absolute atomic E-state index is 12.3. The molecule has 0 aromatic carbocycles. The summed E-state index contributed by atoms with van der Waals surface area (Å²) in [6.45, 7) is 3.82. The van der Waals surface area contributed by atoms with Gasteiger partial charge in [-0.15, -0.1) is 17.9 Å². The molecule has 17 heavy (non-hydrogen) atoms. The number of hydrogen-bond acceptors (Lipinski definition) is 4. The van der Waals surface area contributed by atoms with Crippen LogP contribution in [0, 0.1) is 0 Å². The first-order valence-corrected chi connectivity index (χ1v) is 7.72. The summed E-state index contributed by atoms with van der Waals surface area (Å²) >= 11 is 1.26. The van der Waals surface area contributed by atoms with Gasteiger partial charge in [0.1, 0.15) is 0 Å². The molecule has 1 aromatic rings. The third-order valence-corrected chi connectivity index (χ3v) is 5.62. The Morgan fingerprint density at radius 2 is 2.29 bits per heavy atom. The predicted octanol–water partition coefficient (Wildman–Crippen LogP) is 1.58. The Morgan fingerprint density at radius 3 is 2.76 bits per heavy atom. The van der Waals surface area contributed by atoms with E-state index in [1.54, 1.807) is 17.5 Å². The first kappa shape index (κ1) is 12.8. The van der Waals surface area contributed by atoms with E-state index in [1.165, 1.54) is 15.6 Å². The highest BCUT2D eigenvalue weighted by molar-refractivity contribution is 7.89. The van der Waals surface area contributed by atoms with Gasteiger partial charge >= 0.3 is 0 Å². The molecule has 0 spiro atoms. The van der Waals surface area contributed by atoms with Crippen molar-refractivity contribution in [3.8, 4) is 0 Å². The zero-order valence-corrected chi connectivity index (χ0v) is 11.0. The lowest BCUT2D eigenvalue weighted by molar-refractivity contribution is 0.285. The van der Waals surface area contributed by atoms with Gasteiger partial charge in [-0.1, -0.05) is 6.08 Å². The molecule has 1 aromatic heterocycles. The van der Waals surface area contributed by atoms with Crippen LogP contribution < -0.4 is 0 Å². The molecule has 0 radical (unpaired) electrons. The minimum Gasteiger partial charge on any atom is -0.391 e. The molecule has 1 N–H and O–H groups in total. The Labute approximate surface area is 105 Å². The molecule has 4 nitrogen and oxygen atoms in total. The van der Waals surface area contributed by atoms with E-state index < -0.39 is 10.0 Å². The monoisotopic (exact) mass is 273 g/mol. The third kappa shape index (κ3) is 2.60. The van der Waals surface area contributed by atoms with Crippen LogP contribution in [0.5, 0.6) is 0 Å². The number of thiophene rings is 1. The molecule has 0 amide bonds. The summed E-state index contributed by atoms with van der Waals surface area (Å²) in [6.07, 6.45) is 3.45. The number of aliphatic hydroxyl groups excluding tert-OH is 1. The Morgan fingerprint density at radius 1 is 1.59 bits per heavy atom. The topological polar surface area (TPSA) is 57.6 Å². The van der Waals surface area contributed by atoms with E-state index in [9.17, 15) is 8.42 Å². The number of nitrogens with zero attached hydrogens (tertiary/aromatic N) is 1. The van der Waals surface area contributed by atoms with Crippen molar-refractivity contribution in [2.75, 3.05) is 6.54 Å². The van der Waals surface area contributed by atoms with Gasteiger partial charge < -0.3 is 5.11 Å². The zero-order valence-electron chi connectivity index (χ0n) is 9.37. The summed E-state index contributed by atoms with van der Waals surface area (Å²) in [5.41, 5.74) is 0. The van der Waals surface area contributed by atoms with Crippen molar-refractivity contribution in [3.05, 3.63) is 29.0 Å². The third-order valence-electron chi connectivity index (χ3n) is 2.66. The average Bonchev–Trinajstić information content (AvgIpc) is 3.01.